The molecule has 5 rings (SSSR count). The van der Waals surface area contributed by atoms with Crippen molar-refractivity contribution in [1.82, 2.24) is 20.2 Å². The molecule has 0 saturated carbocycles. The van der Waals surface area contributed by atoms with Gasteiger partial charge in [-0.15, -0.1) is 0 Å². The van der Waals surface area contributed by atoms with Crippen LogP contribution in [0.2, 0.25) is 0 Å². The molecule has 8 nitrogen and oxygen atoms in total. The minimum Gasteiger partial charge on any atom is -0.489 e. The van der Waals surface area contributed by atoms with Gasteiger partial charge in [-0.25, -0.2) is 0 Å². The molecule has 1 amide bonds. The monoisotopic (exact) mass is 530 g/mol. The molecule has 1 atom stereocenters. The third kappa shape index (κ3) is 4.67. The summed E-state index contributed by atoms with van der Waals surface area (Å²) in [4.78, 5) is 13.7. The van der Waals surface area contributed by atoms with Crippen molar-refractivity contribution in [2.24, 2.45) is 0 Å². The summed E-state index contributed by atoms with van der Waals surface area (Å²) in [5.41, 5.74) is 4.68. The van der Waals surface area contributed by atoms with Gasteiger partial charge in [0.05, 0.1) is 5.57 Å². The summed E-state index contributed by atoms with van der Waals surface area (Å²) in [5.74, 6) is 0.845. The molecular formula is C26H23BrN6O2. The topological polar surface area (TPSA) is 94.0 Å². The number of para-hydroxylation sites is 1. The van der Waals surface area contributed by atoms with E-state index in [0.717, 1.165) is 26.9 Å². The molecule has 0 aliphatic carbocycles. The molecule has 0 bridgehead atoms. The maximum absolute atomic E-state index is 13.7. The van der Waals surface area contributed by atoms with Gasteiger partial charge in [0.15, 0.2) is 0 Å². The van der Waals surface area contributed by atoms with E-state index in [4.69, 9.17) is 4.74 Å². The lowest BCUT2D eigenvalue weighted by Gasteiger charge is -2.29. The Bertz CT molecular complexity index is 1420. The summed E-state index contributed by atoms with van der Waals surface area (Å²) in [7, 11) is 0. The first kappa shape index (κ1) is 22.8. The summed E-state index contributed by atoms with van der Waals surface area (Å²) in [6.07, 6.45) is 0. The molecule has 2 N–H and O–H groups in total. The fraction of sp³-hybridized carbons (Fsp3) is 0.154. The van der Waals surface area contributed by atoms with Gasteiger partial charge in [-0.1, -0.05) is 69.6 Å². The van der Waals surface area contributed by atoms with Gasteiger partial charge in [-0.3, -0.25) is 4.79 Å². The predicted molar refractivity (Wildman–Crippen MR) is 137 cm³/mol. The van der Waals surface area contributed by atoms with E-state index in [1.165, 1.54) is 0 Å². The summed E-state index contributed by atoms with van der Waals surface area (Å²) >= 11 is 3.58. The maximum Gasteiger partial charge on any atom is 0.255 e. The first-order valence-corrected chi connectivity index (χ1v) is 11.9. The molecule has 9 heteroatoms. The standard InChI is InChI=1S/C26H23BrN6O2/c1-16-8-6-7-11-21(16)29-25(34)23-17(2)28-26-30-31-32-33(26)24(23)20-14-19(27)12-13-22(20)35-15-18-9-4-3-5-10-18/h3-14,24H,15H2,1-2H3,(H,29,34)(H,28,30,32). The largest absolute Gasteiger partial charge is 0.489 e. The van der Waals surface area contributed by atoms with E-state index in [1.54, 1.807) is 4.68 Å². The van der Waals surface area contributed by atoms with Crippen molar-refractivity contribution in [3.8, 4) is 5.75 Å². The Morgan fingerprint density at radius 3 is 2.66 bits per heavy atom. The van der Waals surface area contributed by atoms with Gasteiger partial charge in [0.25, 0.3) is 5.91 Å². The highest BCUT2D eigenvalue weighted by Gasteiger charge is 2.36. The van der Waals surface area contributed by atoms with E-state index >= 15 is 0 Å². The molecule has 176 valence electrons. The number of ether oxygens (including phenoxy) is 1. The second-order valence-electron chi connectivity index (χ2n) is 8.24. The highest BCUT2D eigenvalue weighted by Crippen LogP contribution is 2.40. The molecule has 0 fully saturated rings. The molecule has 1 aliphatic rings. The molecule has 3 aromatic carbocycles. The zero-order valence-corrected chi connectivity index (χ0v) is 20.8. The number of fused-ring (bicyclic) bond motifs is 1. The Kier molecular flexibility index (Phi) is 6.33. The van der Waals surface area contributed by atoms with Crippen LogP contribution in [0.4, 0.5) is 11.6 Å². The molecule has 4 aromatic rings. The number of rotatable bonds is 6. The van der Waals surface area contributed by atoms with Crippen LogP contribution in [0.15, 0.2) is 88.5 Å². The average Bonchev–Trinajstić information content (AvgIpc) is 3.32. The number of carbonyl (C=O) groups is 1. The summed E-state index contributed by atoms with van der Waals surface area (Å²) < 4.78 is 8.71. The van der Waals surface area contributed by atoms with Crippen LogP contribution in [0.3, 0.4) is 0 Å². The number of amides is 1. The molecule has 1 aromatic heterocycles. The van der Waals surface area contributed by atoms with Crippen molar-refractivity contribution in [1.29, 1.82) is 0 Å². The number of anilines is 2. The molecule has 1 aliphatic heterocycles. The minimum atomic E-state index is -0.603. The number of allylic oxidation sites excluding steroid dienone is 1. The van der Waals surface area contributed by atoms with Crippen LogP contribution in [0.1, 0.15) is 29.7 Å². The van der Waals surface area contributed by atoms with Crippen molar-refractivity contribution < 1.29 is 9.53 Å². The lowest BCUT2D eigenvalue weighted by molar-refractivity contribution is -0.113. The van der Waals surface area contributed by atoms with Crippen molar-refractivity contribution in [2.45, 2.75) is 26.5 Å². The SMILES string of the molecule is CC1=C(C(=O)Nc2ccccc2C)C(c2cc(Br)ccc2OCc2ccccc2)n2nnnc2N1. The molecular weight excluding hydrogens is 508 g/mol. The van der Waals surface area contributed by atoms with Gasteiger partial charge < -0.3 is 15.4 Å². The average molecular weight is 531 g/mol. The molecule has 0 radical (unpaired) electrons. The zero-order chi connectivity index (χ0) is 24.4. The van der Waals surface area contributed by atoms with Crippen molar-refractivity contribution in [3.63, 3.8) is 0 Å². The Labute approximate surface area is 211 Å². The molecule has 1 unspecified atom stereocenters. The fourth-order valence-corrected chi connectivity index (χ4v) is 4.48. The van der Waals surface area contributed by atoms with E-state index in [-0.39, 0.29) is 5.91 Å². The van der Waals surface area contributed by atoms with Gasteiger partial charge in [-0.05, 0) is 59.7 Å². The highest BCUT2D eigenvalue weighted by molar-refractivity contribution is 9.10. The van der Waals surface area contributed by atoms with E-state index < -0.39 is 6.04 Å². The van der Waals surface area contributed by atoms with E-state index in [2.05, 4.69) is 42.1 Å². The van der Waals surface area contributed by atoms with Crippen molar-refractivity contribution >= 4 is 33.5 Å². The number of nitrogens with zero attached hydrogens (tertiary/aromatic N) is 4. The number of hydrogen-bond acceptors (Lipinski definition) is 6. The van der Waals surface area contributed by atoms with Gasteiger partial charge in [0, 0.05) is 21.4 Å². The van der Waals surface area contributed by atoms with Gasteiger partial charge in [-0.2, -0.15) is 4.68 Å². The Balaban J connectivity index is 1.56. The van der Waals surface area contributed by atoms with Crippen molar-refractivity contribution in [3.05, 3.63) is 105 Å². The van der Waals surface area contributed by atoms with Crippen molar-refractivity contribution in [2.75, 3.05) is 10.6 Å². The third-order valence-corrected chi connectivity index (χ3v) is 6.35. The second kappa shape index (κ2) is 9.71. The summed E-state index contributed by atoms with van der Waals surface area (Å²) in [6, 6.07) is 22.7. The number of aryl methyl sites for hydroxylation is 1. The smallest absolute Gasteiger partial charge is 0.255 e. The second-order valence-corrected chi connectivity index (χ2v) is 9.15. The number of benzene rings is 3. The highest BCUT2D eigenvalue weighted by atomic mass is 79.9. The van der Waals surface area contributed by atoms with Crippen LogP contribution in [0, 0.1) is 6.92 Å². The third-order valence-electron chi connectivity index (χ3n) is 5.86. The number of halogens is 1. The van der Waals surface area contributed by atoms with Crippen LogP contribution >= 0.6 is 15.9 Å². The lowest BCUT2D eigenvalue weighted by Crippen LogP contribution is -2.32. The summed E-state index contributed by atoms with van der Waals surface area (Å²) in [5, 5.41) is 18.3. The lowest BCUT2D eigenvalue weighted by atomic mass is 9.94. The maximum atomic E-state index is 13.7. The van der Waals surface area contributed by atoms with Crippen LogP contribution in [0.25, 0.3) is 0 Å². The van der Waals surface area contributed by atoms with E-state index in [0.29, 0.717) is 29.6 Å². The fourth-order valence-electron chi connectivity index (χ4n) is 4.10. The minimum absolute atomic E-state index is 0.246. The predicted octanol–water partition coefficient (Wildman–Crippen LogP) is 5.25. The normalized spacial score (nSPS) is 14.8. The molecule has 35 heavy (non-hydrogen) atoms. The Morgan fingerprint density at radius 1 is 1.09 bits per heavy atom. The molecule has 0 spiro atoms. The Morgan fingerprint density at radius 2 is 1.86 bits per heavy atom. The van der Waals surface area contributed by atoms with Crippen LogP contribution < -0.4 is 15.4 Å². The van der Waals surface area contributed by atoms with E-state index in [1.807, 2.05) is 86.6 Å². The van der Waals surface area contributed by atoms with Gasteiger partial charge in [0.1, 0.15) is 18.4 Å². The zero-order valence-electron chi connectivity index (χ0n) is 19.2. The summed E-state index contributed by atoms with van der Waals surface area (Å²) in [6.45, 7) is 4.19. The number of tetrazole rings is 1. The first-order valence-electron chi connectivity index (χ1n) is 11.1. The van der Waals surface area contributed by atoms with Crippen LogP contribution in [0.5, 0.6) is 5.75 Å². The van der Waals surface area contributed by atoms with Crippen LogP contribution in [-0.4, -0.2) is 26.1 Å². The Hall–Kier alpha value is -3.98. The first-order chi connectivity index (χ1) is 17.0. The number of carbonyl (C=O) groups excluding carboxylic acids is 1. The van der Waals surface area contributed by atoms with Crippen LogP contribution in [-0.2, 0) is 11.4 Å². The molecule has 2 heterocycles. The number of aromatic nitrogens is 4. The quantitative estimate of drug-likeness (QED) is 0.353. The van der Waals surface area contributed by atoms with Gasteiger partial charge in [0.2, 0.25) is 5.95 Å². The van der Waals surface area contributed by atoms with E-state index in [9.17, 15) is 4.79 Å². The number of hydrogen-bond donors (Lipinski definition) is 2. The van der Waals surface area contributed by atoms with Gasteiger partial charge >= 0.3 is 0 Å². The number of nitrogens with one attached hydrogen (secondary N) is 2. The molecule has 0 saturated heterocycles.